The predicted molar refractivity (Wildman–Crippen MR) is 75.6 cm³/mol. The summed E-state index contributed by atoms with van der Waals surface area (Å²) >= 11 is 0. The molecular formula is C14H29N3O. The Labute approximate surface area is 111 Å². The quantitative estimate of drug-likeness (QED) is 0.750. The van der Waals surface area contributed by atoms with Crippen LogP contribution in [0.1, 0.15) is 39.5 Å². The molecule has 0 aliphatic carbocycles. The van der Waals surface area contributed by atoms with Crippen LogP contribution < -0.4 is 10.6 Å². The van der Waals surface area contributed by atoms with Gasteiger partial charge in [0.1, 0.15) is 0 Å². The zero-order chi connectivity index (χ0) is 13.6. The fourth-order valence-electron chi connectivity index (χ4n) is 2.94. The Hall–Kier alpha value is -0.610. The molecule has 1 atom stereocenters. The summed E-state index contributed by atoms with van der Waals surface area (Å²) in [5.74, 6) is 0.264. The molecule has 1 fully saturated rings. The highest BCUT2D eigenvalue weighted by Crippen LogP contribution is 2.34. The minimum Gasteiger partial charge on any atom is -0.352 e. The van der Waals surface area contributed by atoms with Gasteiger partial charge in [-0.25, -0.2) is 0 Å². The predicted octanol–water partition coefficient (Wildman–Crippen LogP) is 1.22. The molecule has 0 aromatic heterocycles. The number of piperidine rings is 1. The first kappa shape index (κ1) is 15.4. The number of nitrogens with one attached hydrogen (secondary N) is 2. The lowest BCUT2D eigenvalue weighted by molar-refractivity contribution is -0.133. The average molecular weight is 255 g/mol. The van der Waals surface area contributed by atoms with Crippen LogP contribution in [0, 0.1) is 5.41 Å². The molecule has 0 aromatic rings. The SMILES string of the molecule is CCCC1(C(=O)NC(C)CN(C)C)CCNCC1. The van der Waals surface area contributed by atoms with E-state index in [1.54, 1.807) is 0 Å². The van der Waals surface area contributed by atoms with Gasteiger partial charge in [0, 0.05) is 12.6 Å². The second-order valence-electron chi connectivity index (χ2n) is 5.92. The second kappa shape index (κ2) is 7.10. The lowest BCUT2D eigenvalue weighted by Gasteiger charge is -2.37. The highest BCUT2D eigenvalue weighted by atomic mass is 16.2. The number of carbonyl (C=O) groups excluding carboxylic acids is 1. The van der Waals surface area contributed by atoms with Crippen LogP contribution in [0.2, 0.25) is 0 Å². The number of amides is 1. The van der Waals surface area contributed by atoms with E-state index in [-0.39, 0.29) is 17.4 Å². The summed E-state index contributed by atoms with van der Waals surface area (Å²) < 4.78 is 0. The fraction of sp³-hybridized carbons (Fsp3) is 0.929. The second-order valence-corrected chi connectivity index (χ2v) is 5.92. The van der Waals surface area contributed by atoms with Gasteiger partial charge in [0.25, 0.3) is 0 Å². The third-order valence-corrected chi connectivity index (χ3v) is 3.79. The molecule has 0 spiro atoms. The molecule has 1 amide bonds. The minimum absolute atomic E-state index is 0.124. The third-order valence-electron chi connectivity index (χ3n) is 3.79. The van der Waals surface area contributed by atoms with E-state index in [4.69, 9.17) is 0 Å². The van der Waals surface area contributed by atoms with Crippen molar-refractivity contribution in [1.82, 2.24) is 15.5 Å². The normalized spacial score (nSPS) is 20.7. The largest absolute Gasteiger partial charge is 0.352 e. The van der Waals surface area contributed by atoms with E-state index in [1.165, 1.54) is 0 Å². The standard InChI is InChI=1S/C14H29N3O/c1-5-6-14(7-9-15-10-8-14)13(18)16-12(2)11-17(3)4/h12,15H,5-11H2,1-4H3,(H,16,18). The monoisotopic (exact) mass is 255 g/mol. The third kappa shape index (κ3) is 4.25. The van der Waals surface area contributed by atoms with Crippen LogP contribution in [-0.4, -0.2) is 50.6 Å². The van der Waals surface area contributed by atoms with E-state index in [2.05, 4.69) is 29.4 Å². The van der Waals surface area contributed by atoms with Crippen LogP contribution in [0.15, 0.2) is 0 Å². The average Bonchev–Trinajstić information content (AvgIpc) is 2.29. The zero-order valence-corrected chi connectivity index (χ0v) is 12.4. The van der Waals surface area contributed by atoms with Crippen molar-refractivity contribution < 1.29 is 4.79 Å². The van der Waals surface area contributed by atoms with Gasteiger partial charge in [0.15, 0.2) is 0 Å². The van der Waals surface area contributed by atoms with Crippen LogP contribution >= 0.6 is 0 Å². The van der Waals surface area contributed by atoms with Gasteiger partial charge < -0.3 is 15.5 Å². The summed E-state index contributed by atoms with van der Waals surface area (Å²) in [5, 5.41) is 6.55. The molecule has 1 saturated heterocycles. The first-order chi connectivity index (χ1) is 8.50. The molecule has 1 heterocycles. The lowest BCUT2D eigenvalue weighted by Crippen LogP contribution is -2.51. The summed E-state index contributed by atoms with van der Waals surface area (Å²) in [6, 6.07) is 0.219. The molecule has 0 radical (unpaired) electrons. The maximum Gasteiger partial charge on any atom is 0.226 e. The molecule has 4 nitrogen and oxygen atoms in total. The molecule has 0 aromatic carbocycles. The fourth-order valence-corrected chi connectivity index (χ4v) is 2.94. The van der Waals surface area contributed by atoms with Crippen molar-refractivity contribution in [2.45, 2.75) is 45.6 Å². The van der Waals surface area contributed by atoms with E-state index in [0.717, 1.165) is 45.3 Å². The topological polar surface area (TPSA) is 44.4 Å². The van der Waals surface area contributed by atoms with E-state index < -0.39 is 0 Å². The minimum atomic E-state index is -0.124. The Morgan fingerprint density at radius 2 is 2.00 bits per heavy atom. The summed E-state index contributed by atoms with van der Waals surface area (Å²) in [6.45, 7) is 7.08. The highest BCUT2D eigenvalue weighted by molar-refractivity contribution is 5.83. The van der Waals surface area contributed by atoms with Crippen molar-refractivity contribution in [3.63, 3.8) is 0 Å². The Kier molecular flexibility index (Phi) is 6.09. The number of carbonyl (C=O) groups is 1. The Balaban J connectivity index is 2.59. The van der Waals surface area contributed by atoms with Crippen LogP contribution in [-0.2, 0) is 4.79 Å². The van der Waals surface area contributed by atoms with Crippen LogP contribution in [0.4, 0.5) is 0 Å². The van der Waals surface area contributed by atoms with Crippen LogP contribution in [0.5, 0.6) is 0 Å². The smallest absolute Gasteiger partial charge is 0.226 e. The molecule has 0 saturated carbocycles. The van der Waals surface area contributed by atoms with Crippen molar-refractivity contribution in [2.24, 2.45) is 5.41 Å². The Bertz CT molecular complexity index is 254. The lowest BCUT2D eigenvalue weighted by atomic mass is 9.74. The summed E-state index contributed by atoms with van der Waals surface area (Å²) in [7, 11) is 4.07. The zero-order valence-electron chi connectivity index (χ0n) is 12.4. The van der Waals surface area contributed by atoms with Crippen LogP contribution in [0.3, 0.4) is 0 Å². The molecule has 1 aliphatic rings. The number of rotatable bonds is 6. The molecule has 2 N–H and O–H groups in total. The summed E-state index contributed by atoms with van der Waals surface area (Å²) in [5.41, 5.74) is -0.124. The molecule has 0 bridgehead atoms. The first-order valence-electron chi connectivity index (χ1n) is 7.16. The van der Waals surface area contributed by atoms with Crippen molar-refractivity contribution in [1.29, 1.82) is 0 Å². The first-order valence-corrected chi connectivity index (χ1v) is 7.16. The van der Waals surface area contributed by atoms with Gasteiger partial charge in [-0.2, -0.15) is 0 Å². The van der Waals surface area contributed by atoms with E-state index >= 15 is 0 Å². The summed E-state index contributed by atoms with van der Waals surface area (Å²) in [6.07, 6.45) is 4.04. The molecule has 1 unspecified atom stereocenters. The van der Waals surface area contributed by atoms with Gasteiger partial charge in [-0.05, 0) is 53.4 Å². The van der Waals surface area contributed by atoms with Crippen molar-refractivity contribution in [2.75, 3.05) is 33.7 Å². The molecule has 106 valence electrons. The number of likely N-dealkylation sites (N-methyl/N-ethyl adjacent to an activating group) is 1. The molecule has 1 rings (SSSR count). The van der Waals surface area contributed by atoms with E-state index in [0.29, 0.717) is 0 Å². The maximum atomic E-state index is 12.5. The number of hydrogen-bond donors (Lipinski definition) is 2. The number of hydrogen-bond acceptors (Lipinski definition) is 3. The summed E-state index contributed by atoms with van der Waals surface area (Å²) in [4.78, 5) is 14.7. The molecule has 1 aliphatic heterocycles. The highest BCUT2D eigenvalue weighted by Gasteiger charge is 2.38. The van der Waals surface area contributed by atoms with Gasteiger partial charge in [-0.3, -0.25) is 4.79 Å². The Morgan fingerprint density at radius 3 is 2.50 bits per heavy atom. The van der Waals surface area contributed by atoms with Gasteiger partial charge in [0.2, 0.25) is 5.91 Å². The van der Waals surface area contributed by atoms with Crippen LogP contribution in [0.25, 0.3) is 0 Å². The van der Waals surface area contributed by atoms with Gasteiger partial charge in [-0.15, -0.1) is 0 Å². The van der Waals surface area contributed by atoms with E-state index in [9.17, 15) is 4.79 Å². The molecule has 4 heteroatoms. The van der Waals surface area contributed by atoms with E-state index in [1.807, 2.05) is 14.1 Å². The molecular weight excluding hydrogens is 226 g/mol. The molecule has 18 heavy (non-hydrogen) atoms. The maximum absolute atomic E-state index is 12.5. The van der Waals surface area contributed by atoms with Gasteiger partial charge in [-0.1, -0.05) is 13.3 Å². The van der Waals surface area contributed by atoms with Gasteiger partial charge in [0.05, 0.1) is 5.41 Å². The Morgan fingerprint density at radius 1 is 1.39 bits per heavy atom. The van der Waals surface area contributed by atoms with Crippen molar-refractivity contribution in [3.8, 4) is 0 Å². The van der Waals surface area contributed by atoms with Crippen molar-refractivity contribution in [3.05, 3.63) is 0 Å². The number of nitrogens with zero attached hydrogens (tertiary/aromatic N) is 1. The van der Waals surface area contributed by atoms with Crippen molar-refractivity contribution >= 4 is 5.91 Å². The van der Waals surface area contributed by atoms with Gasteiger partial charge >= 0.3 is 0 Å².